The maximum atomic E-state index is 12.9. The predicted octanol–water partition coefficient (Wildman–Crippen LogP) is 1.75. The molecule has 0 saturated heterocycles. The van der Waals surface area contributed by atoms with E-state index in [0.29, 0.717) is 0 Å². The van der Waals surface area contributed by atoms with Gasteiger partial charge in [-0.25, -0.2) is 8.78 Å². The molecule has 0 aliphatic heterocycles. The van der Waals surface area contributed by atoms with E-state index in [9.17, 15) is 13.6 Å². The fourth-order valence-electron chi connectivity index (χ4n) is 0.891. The molecule has 0 heterocycles. The first-order chi connectivity index (χ1) is 5.54. The molecule has 0 radical (unpaired) electrons. The monoisotopic (exact) mass is 171 g/mol. The summed E-state index contributed by atoms with van der Waals surface area (Å²) in [5.74, 6) is -2.53. The molecule has 2 nitrogen and oxygen atoms in total. The minimum Gasteiger partial charge on any atom is -0.396 e. The lowest BCUT2D eigenvalue weighted by molar-refractivity contribution is 0.101. The first-order valence-corrected chi connectivity index (χ1v) is 3.28. The number of hydrogen-bond donors (Lipinski definition) is 1. The summed E-state index contributed by atoms with van der Waals surface area (Å²) in [6.07, 6.45) is 0. The Balaban J connectivity index is 3.43. The Morgan fingerprint density at radius 3 is 2.42 bits per heavy atom. The number of halogens is 2. The van der Waals surface area contributed by atoms with Gasteiger partial charge in [0.05, 0.1) is 11.3 Å². The van der Waals surface area contributed by atoms with Crippen LogP contribution < -0.4 is 5.73 Å². The molecule has 1 aromatic carbocycles. The molecule has 0 spiro atoms. The SMILES string of the molecule is CC(=O)c1c(F)ccc(N)c1F. The Morgan fingerprint density at radius 2 is 2.00 bits per heavy atom. The molecule has 0 aliphatic carbocycles. The van der Waals surface area contributed by atoms with E-state index in [0.717, 1.165) is 19.1 Å². The molecule has 0 aliphatic rings. The van der Waals surface area contributed by atoms with Crippen molar-refractivity contribution in [3.05, 3.63) is 29.3 Å². The molecule has 0 unspecified atom stereocenters. The molecule has 0 atom stereocenters. The molecule has 12 heavy (non-hydrogen) atoms. The first-order valence-electron chi connectivity index (χ1n) is 3.28. The highest BCUT2D eigenvalue weighted by molar-refractivity contribution is 5.95. The van der Waals surface area contributed by atoms with Crippen LogP contribution in [0.4, 0.5) is 14.5 Å². The number of carbonyl (C=O) groups excluding carboxylic acids is 1. The van der Waals surface area contributed by atoms with Crippen LogP contribution in [0.3, 0.4) is 0 Å². The lowest BCUT2D eigenvalue weighted by atomic mass is 10.1. The number of ketones is 1. The minimum atomic E-state index is -0.984. The normalized spacial score (nSPS) is 9.92. The smallest absolute Gasteiger partial charge is 0.165 e. The van der Waals surface area contributed by atoms with Crippen molar-refractivity contribution in [1.29, 1.82) is 0 Å². The quantitative estimate of drug-likeness (QED) is 0.516. The van der Waals surface area contributed by atoms with Crippen molar-refractivity contribution in [3.8, 4) is 0 Å². The van der Waals surface area contributed by atoms with Crippen molar-refractivity contribution in [2.75, 3.05) is 5.73 Å². The highest BCUT2D eigenvalue weighted by atomic mass is 19.1. The van der Waals surface area contributed by atoms with Crippen LogP contribution >= 0.6 is 0 Å². The van der Waals surface area contributed by atoms with Gasteiger partial charge in [-0.1, -0.05) is 0 Å². The van der Waals surface area contributed by atoms with Crippen molar-refractivity contribution in [1.82, 2.24) is 0 Å². The summed E-state index contributed by atoms with van der Waals surface area (Å²) in [6, 6.07) is 2.05. The number of Topliss-reactive ketones (excluding diaryl/α,β-unsaturated/α-hetero) is 1. The lowest BCUT2D eigenvalue weighted by Gasteiger charge is -2.02. The van der Waals surface area contributed by atoms with E-state index in [2.05, 4.69) is 0 Å². The van der Waals surface area contributed by atoms with Gasteiger partial charge in [0.15, 0.2) is 11.6 Å². The highest BCUT2D eigenvalue weighted by Crippen LogP contribution is 2.18. The average molecular weight is 171 g/mol. The van der Waals surface area contributed by atoms with Crippen LogP contribution in [-0.2, 0) is 0 Å². The summed E-state index contributed by atoms with van der Waals surface area (Å²) in [4.78, 5) is 10.7. The van der Waals surface area contributed by atoms with E-state index in [1.807, 2.05) is 0 Å². The van der Waals surface area contributed by atoms with E-state index in [4.69, 9.17) is 5.73 Å². The fraction of sp³-hybridized carbons (Fsp3) is 0.125. The Labute approximate surface area is 68.0 Å². The summed E-state index contributed by atoms with van der Waals surface area (Å²) in [5.41, 5.74) is 4.34. The summed E-state index contributed by atoms with van der Waals surface area (Å²) >= 11 is 0. The lowest BCUT2D eigenvalue weighted by Crippen LogP contribution is -2.04. The van der Waals surface area contributed by atoms with Gasteiger partial charge in [-0.15, -0.1) is 0 Å². The van der Waals surface area contributed by atoms with Crippen LogP contribution in [0.5, 0.6) is 0 Å². The summed E-state index contributed by atoms with van der Waals surface area (Å²) in [7, 11) is 0. The van der Waals surface area contributed by atoms with Gasteiger partial charge in [0.1, 0.15) is 5.82 Å². The van der Waals surface area contributed by atoms with Gasteiger partial charge in [0.25, 0.3) is 0 Å². The molecule has 64 valence electrons. The maximum absolute atomic E-state index is 12.9. The Hall–Kier alpha value is -1.45. The third kappa shape index (κ3) is 1.28. The van der Waals surface area contributed by atoms with Gasteiger partial charge in [-0.05, 0) is 19.1 Å². The van der Waals surface area contributed by atoms with Gasteiger partial charge >= 0.3 is 0 Å². The van der Waals surface area contributed by atoms with Crippen LogP contribution in [0.25, 0.3) is 0 Å². The van der Waals surface area contributed by atoms with E-state index in [-0.39, 0.29) is 5.69 Å². The number of nitrogens with two attached hydrogens (primary N) is 1. The summed E-state index contributed by atoms with van der Waals surface area (Å²) < 4.78 is 25.7. The molecule has 0 fully saturated rings. The fourth-order valence-corrected chi connectivity index (χ4v) is 0.891. The molecule has 0 bridgehead atoms. The van der Waals surface area contributed by atoms with Crippen LogP contribution in [0.15, 0.2) is 12.1 Å². The van der Waals surface area contributed by atoms with Crippen LogP contribution in [0.2, 0.25) is 0 Å². The van der Waals surface area contributed by atoms with Gasteiger partial charge in [0.2, 0.25) is 0 Å². The average Bonchev–Trinajstić information content (AvgIpc) is 1.97. The van der Waals surface area contributed by atoms with E-state index in [1.165, 1.54) is 0 Å². The molecule has 1 aromatic rings. The van der Waals surface area contributed by atoms with E-state index < -0.39 is 23.0 Å². The summed E-state index contributed by atoms with van der Waals surface area (Å²) in [6.45, 7) is 1.08. The molecular formula is C8H7F2NO. The van der Waals surface area contributed by atoms with Gasteiger partial charge in [-0.3, -0.25) is 4.79 Å². The number of carbonyl (C=O) groups is 1. The third-order valence-corrected chi connectivity index (χ3v) is 1.47. The molecule has 2 N–H and O–H groups in total. The number of rotatable bonds is 1. The van der Waals surface area contributed by atoms with Gasteiger partial charge in [0, 0.05) is 0 Å². The second-order valence-corrected chi connectivity index (χ2v) is 2.38. The van der Waals surface area contributed by atoms with E-state index >= 15 is 0 Å². The van der Waals surface area contributed by atoms with Crippen molar-refractivity contribution in [2.45, 2.75) is 6.92 Å². The van der Waals surface area contributed by atoms with Gasteiger partial charge in [-0.2, -0.15) is 0 Å². The topological polar surface area (TPSA) is 43.1 Å². The van der Waals surface area contributed by atoms with Crippen molar-refractivity contribution in [3.63, 3.8) is 0 Å². The van der Waals surface area contributed by atoms with Crippen LogP contribution in [0, 0.1) is 11.6 Å². The molecule has 0 aromatic heterocycles. The minimum absolute atomic E-state index is 0.221. The van der Waals surface area contributed by atoms with Crippen LogP contribution in [0.1, 0.15) is 17.3 Å². The molecule has 0 amide bonds. The second kappa shape index (κ2) is 2.89. The Bertz CT molecular complexity index is 336. The third-order valence-electron chi connectivity index (χ3n) is 1.47. The molecule has 4 heteroatoms. The first kappa shape index (κ1) is 8.64. The van der Waals surface area contributed by atoms with Crippen molar-refractivity contribution >= 4 is 11.5 Å². The zero-order valence-electron chi connectivity index (χ0n) is 6.40. The standard InChI is InChI=1S/C8H7F2NO/c1-4(12)7-5(9)2-3-6(11)8(7)10/h2-3H,11H2,1H3. The van der Waals surface area contributed by atoms with Crippen molar-refractivity contribution < 1.29 is 13.6 Å². The Morgan fingerprint density at radius 1 is 1.42 bits per heavy atom. The van der Waals surface area contributed by atoms with Crippen molar-refractivity contribution in [2.24, 2.45) is 0 Å². The largest absolute Gasteiger partial charge is 0.396 e. The second-order valence-electron chi connectivity index (χ2n) is 2.38. The van der Waals surface area contributed by atoms with E-state index in [1.54, 1.807) is 0 Å². The van der Waals surface area contributed by atoms with Gasteiger partial charge < -0.3 is 5.73 Å². The molecule has 1 rings (SSSR count). The highest BCUT2D eigenvalue weighted by Gasteiger charge is 2.15. The number of hydrogen-bond acceptors (Lipinski definition) is 2. The number of anilines is 1. The Kier molecular flexibility index (Phi) is 2.08. The number of benzene rings is 1. The zero-order chi connectivity index (χ0) is 9.30. The predicted molar refractivity (Wildman–Crippen MR) is 40.8 cm³/mol. The summed E-state index contributed by atoms with van der Waals surface area (Å²) in [5, 5.41) is 0. The molecular weight excluding hydrogens is 164 g/mol. The van der Waals surface area contributed by atoms with Crippen LogP contribution in [-0.4, -0.2) is 5.78 Å². The molecule has 0 saturated carbocycles. The maximum Gasteiger partial charge on any atom is 0.165 e. The number of nitrogen functional groups attached to an aromatic ring is 1. The zero-order valence-corrected chi connectivity index (χ0v) is 6.40.